The molecule has 0 saturated carbocycles. The zero-order chi connectivity index (χ0) is 16.9. The van der Waals surface area contributed by atoms with Crippen LogP contribution in [0.4, 0.5) is 0 Å². The van der Waals surface area contributed by atoms with Crippen molar-refractivity contribution in [2.24, 2.45) is 0 Å². The van der Waals surface area contributed by atoms with Gasteiger partial charge in [0.05, 0.1) is 6.54 Å². The molecule has 0 fully saturated rings. The summed E-state index contributed by atoms with van der Waals surface area (Å²) in [6.07, 6.45) is 3.17. The van der Waals surface area contributed by atoms with E-state index in [0.29, 0.717) is 23.2 Å². The summed E-state index contributed by atoms with van der Waals surface area (Å²) >= 11 is 15.9. The van der Waals surface area contributed by atoms with Gasteiger partial charge < -0.3 is 10.2 Å². The van der Waals surface area contributed by atoms with Gasteiger partial charge >= 0.3 is 0 Å². The smallest absolute Gasteiger partial charge is 0.138 e. The zero-order valence-electron chi connectivity index (χ0n) is 12.4. The van der Waals surface area contributed by atoms with Crippen LogP contribution < -0.4 is 10.2 Å². The first-order valence-corrected chi connectivity index (χ1v) is 8.61. The first kappa shape index (κ1) is 17.1. The van der Waals surface area contributed by atoms with Crippen molar-refractivity contribution in [3.05, 3.63) is 74.7 Å². The van der Waals surface area contributed by atoms with Crippen molar-refractivity contribution < 1.29 is 4.74 Å². The van der Waals surface area contributed by atoms with Crippen LogP contribution in [0.2, 0.25) is 10.0 Å². The van der Waals surface area contributed by atoms with E-state index in [1.165, 1.54) is 0 Å². The fourth-order valence-electron chi connectivity index (χ4n) is 2.11. The predicted molar refractivity (Wildman–Crippen MR) is 98.0 cm³/mol. The molecule has 1 aromatic heterocycles. The van der Waals surface area contributed by atoms with Crippen molar-refractivity contribution in [3.63, 3.8) is 0 Å². The summed E-state index contributed by atoms with van der Waals surface area (Å²) in [5.41, 5.74) is 4.91. The fraction of sp³-hybridized carbons (Fsp3) is 0.125. The number of halogens is 3. The molecule has 5 nitrogen and oxygen atoms in total. The lowest BCUT2D eigenvalue weighted by atomic mass is 10.2. The summed E-state index contributed by atoms with van der Waals surface area (Å²) in [5.74, 6) is 0.745. The highest BCUT2D eigenvalue weighted by molar-refractivity contribution is 9.10. The van der Waals surface area contributed by atoms with Crippen molar-refractivity contribution in [2.45, 2.75) is 13.2 Å². The standard InChI is InChI=1S/C16H13BrCl2N4O/c17-12-4-5-16(11(6-12)7-22-23-9-20-21-10-23)24-8-13-14(18)2-1-3-15(13)19/h1-6,9-10,22H,7-8H2. The summed E-state index contributed by atoms with van der Waals surface area (Å²) in [7, 11) is 0. The SMILES string of the molecule is Clc1cccc(Cl)c1COc1ccc(Br)cc1CNn1cnnc1. The van der Waals surface area contributed by atoms with E-state index in [-0.39, 0.29) is 0 Å². The maximum absolute atomic E-state index is 6.19. The van der Waals surface area contributed by atoms with E-state index in [0.717, 1.165) is 21.3 Å². The van der Waals surface area contributed by atoms with Crippen LogP contribution in [0.25, 0.3) is 0 Å². The summed E-state index contributed by atoms with van der Waals surface area (Å²) in [6, 6.07) is 11.2. The number of ether oxygens (including phenoxy) is 1. The second-order valence-electron chi connectivity index (χ2n) is 4.94. The lowest BCUT2D eigenvalue weighted by Crippen LogP contribution is -2.13. The van der Waals surface area contributed by atoms with Gasteiger partial charge in [0, 0.05) is 25.6 Å². The Morgan fingerprint density at radius 3 is 2.50 bits per heavy atom. The Morgan fingerprint density at radius 1 is 1.08 bits per heavy atom. The third-order valence-electron chi connectivity index (χ3n) is 3.33. The second kappa shape index (κ2) is 7.88. The number of hydrogen-bond acceptors (Lipinski definition) is 4. The highest BCUT2D eigenvalue weighted by Gasteiger charge is 2.09. The van der Waals surface area contributed by atoms with Crippen LogP contribution in [-0.2, 0) is 13.2 Å². The van der Waals surface area contributed by atoms with E-state index < -0.39 is 0 Å². The first-order valence-electron chi connectivity index (χ1n) is 7.06. The van der Waals surface area contributed by atoms with Crippen LogP contribution in [0, 0.1) is 0 Å². The fourth-order valence-corrected chi connectivity index (χ4v) is 3.02. The van der Waals surface area contributed by atoms with Crippen LogP contribution in [-0.4, -0.2) is 14.9 Å². The van der Waals surface area contributed by atoms with Crippen LogP contribution >= 0.6 is 39.1 Å². The molecule has 0 aliphatic carbocycles. The summed E-state index contributed by atoms with van der Waals surface area (Å²) in [4.78, 5) is 0. The van der Waals surface area contributed by atoms with Gasteiger partial charge in [0.2, 0.25) is 0 Å². The lowest BCUT2D eigenvalue weighted by Gasteiger charge is -2.14. The highest BCUT2D eigenvalue weighted by Crippen LogP contribution is 2.28. The molecule has 24 heavy (non-hydrogen) atoms. The minimum atomic E-state index is 0.291. The molecule has 0 spiro atoms. The summed E-state index contributed by atoms with van der Waals surface area (Å²) in [5, 5.41) is 8.67. The topological polar surface area (TPSA) is 52.0 Å². The number of aromatic nitrogens is 3. The van der Waals surface area contributed by atoms with E-state index in [4.69, 9.17) is 27.9 Å². The van der Waals surface area contributed by atoms with Gasteiger partial charge in [-0.2, -0.15) is 0 Å². The maximum atomic E-state index is 6.19. The molecule has 2 aromatic carbocycles. The Kier molecular flexibility index (Phi) is 5.60. The number of rotatable bonds is 6. The normalized spacial score (nSPS) is 10.6. The van der Waals surface area contributed by atoms with E-state index in [1.54, 1.807) is 29.5 Å². The lowest BCUT2D eigenvalue weighted by molar-refractivity contribution is 0.303. The van der Waals surface area contributed by atoms with Gasteiger partial charge in [-0.1, -0.05) is 45.2 Å². The Morgan fingerprint density at radius 2 is 1.79 bits per heavy atom. The zero-order valence-corrected chi connectivity index (χ0v) is 15.5. The molecule has 0 aliphatic rings. The van der Waals surface area contributed by atoms with Gasteiger partial charge in [0.15, 0.2) is 0 Å². The molecular formula is C16H13BrCl2N4O. The molecule has 0 atom stereocenters. The van der Waals surface area contributed by atoms with Gasteiger partial charge in [-0.05, 0) is 30.3 Å². The molecular weight excluding hydrogens is 415 g/mol. The van der Waals surface area contributed by atoms with Gasteiger partial charge in [0.25, 0.3) is 0 Å². The van der Waals surface area contributed by atoms with Crippen molar-refractivity contribution in [2.75, 3.05) is 5.43 Å². The summed E-state index contributed by atoms with van der Waals surface area (Å²) in [6.45, 7) is 0.836. The average Bonchev–Trinajstić information content (AvgIpc) is 3.07. The highest BCUT2D eigenvalue weighted by atomic mass is 79.9. The number of nitrogens with zero attached hydrogens (tertiary/aromatic N) is 3. The second-order valence-corrected chi connectivity index (χ2v) is 6.68. The molecule has 0 radical (unpaired) electrons. The van der Waals surface area contributed by atoms with E-state index >= 15 is 0 Å². The molecule has 0 bridgehead atoms. The molecule has 3 rings (SSSR count). The minimum Gasteiger partial charge on any atom is -0.488 e. The molecule has 1 N–H and O–H groups in total. The van der Waals surface area contributed by atoms with Crippen molar-refractivity contribution in [1.29, 1.82) is 0 Å². The Bertz CT molecular complexity index is 807. The van der Waals surface area contributed by atoms with E-state index in [2.05, 4.69) is 31.6 Å². The molecule has 0 unspecified atom stereocenters. The maximum Gasteiger partial charge on any atom is 0.138 e. The minimum absolute atomic E-state index is 0.291. The Balaban J connectivity index is 1.75. The molecule has 0 saturated heterocycles. The Hall–Kier alpha value is -1.76. The molecule has 0 amide bonds. The van der Waals surface area contributed by atoms with Gasteiger partial charge in [-0.25, -0.2) is 4.68 Å². The number of benzene rings is 2. The van der Waals surface area contributed by atoms with Gasteiger partial charge in [0.1, 0.15) is 25.0 Å². The average molecular weight is 428 g/mol. The molecule has 1 heterocycles. The van der Waals surface area contributed by atoms with Gasteiger partial charge in [-0.15, -0.1) is 10.2 Å². The van der Waals surface area contributed by atoms with E-state index in [9.17, 15) is 0 Å². The third-order valence-corrected chi connectivity index (χ3v) is 4.53. The summed E-state index contributed by atoms with van der Waals surface area (Å²) < 4.78 is 8.58. The first-order chi connectivity index (χ1) is 11.6. The predicted octanol–water partition coefficient (Wildman–Crippen LogP) is 4.67. The molecule has 3 aromatic rings. The quantitative estimate of drug-likeness (QED) is 0.620. The number of nitrogens with one attached hydrogen (secondary N) is 1. The van der Waals surface area contributed by atoms with Crippen LogP contribution in [0.15, 0.2) is 53.5 Å². The Labute approximate surface area is 157 Å². The molecule has 0 aliphatic heterocycles. The molecule has 8 heteroatoms. The largest absolute Gasteiger partial charge is 0.488 e. The third kappa shape index (κ3) is 4.20. The van der Waals surface area contributed by atoms with Crippen LogP contribution in [0.5, 0.6) is 5.75 Å². The number of hydrogen-bond donors (Lipinski definition) is 1. The van der Waals surface area contributed by atoms with Crippen molar-refractivity contribution >= 4 is 39.1 Å². The molecule has 124 valence electrons. The van der Waals surface area contributed by atoms with Crippen molar-refractivity contribution in [3.8, 4) is 5.75 Å². The monoisotopic (exact) mass is 426 g/mol. The van der Waals surface area contributed by atoms with E-state index in [1.807, 2.05) is 24.3 Å². The van der Waals surface area contributed by atoms with Crippen LogP contribution in [0.3, 0.4) is 0 Å². The van der Waals surface area contributed by atoms with Crippen molar-refractivity contribution in [1.82, 2.24) is 14.9 Å². The van der Waals surface area contributed by atoms with Gasteiger partial charge in [-0.3, -0.25) is 0 Å². The van der Waals surface area contributed by atoms with Crippen LogP contribution in [0.1, 0.15) is 11.1 Å².